The third-order valence-corrected chi connectivity index (χ3v) is 11.6. The molecule has 0 bridgehead atoms. The summed E-state index contributed by atoms with van der Waals surface area (Å²) in [5.74, 6) is 0. The Morgan fingerprint density at radius 3 is 2.09 bits per heavy atom. The molecule has 178 valence electrons. The van der Waals surface area contributed by atoms with E-state index < -0.39 is 8.32 Å². The van der Waals surface area contributed by atoms with Gasteiger partial charge in [0.1, 0.15) is 0 Å². The number of benzene rings is 2. The first-order valence-electron chi connectivity index (χ1n) is 12.1. The first kappa shape index (κ1) is 25.6. The van der Waals surface area contributed by atoms with Gasteiger partial charge in [-0.3, -0.25) is 0 Å². The fourth-order valence-corrected chi connectivity index (χ4v) is 9.44. The lowest BCUT2D eigenvalue weighted by Gasteiger charge is -2.43. The first-order chi connectivity index (χ1) is 15.8. The highest BCUT2D eigenvalue weighted by atomic mass is 28.4. The van der Waals surface area contributed by atoms with E-state index in [1.807, 2.05) is 13.0 Å². The van der Waals surface area contributed by atoms with E-state index in [4.69, 9.17) is 9.16 Å². The van der Waals surface area contributed by atoms with Crippen LogP contribution in [0.1, 0.15) is 53.9 Å². The summed E-state index contributed by atoms with van der Waals surface area (Å²) in [5.41, 5.74) is 2.23. The molecule has 3 rings (SSSR count). The number of aliphatic hydroxyl groups is 1. The predicted molar refractivity (Wildman–Crippen MR) is 141 cm³/mol. The Labute approximate surface area is 201 Å². The predicted octanol–water partition coefficient (Wildman–Crippen LogP) is 5.39. The zero-order valence-corrected chi connectivity index (χ0v) is 21.9. The highest BCUT2D eigenvalue weighted by molar-refractivity contribution is 6.99. The normalized spacial score (nSPS) is 19.6. The van der Waals surface area contributed by atoms with E-state index in [9.17, 15) is 5.11 Å². The molecule has 2 aromatic carbocycles. The van der Waals surface area contributed by atoms with Gasteiger partial charge in [-0.2, -0.15) is 0 Å². The lowest BCUT2D eigenvalue weighted by atomic mass is 10.1. The van der Waals surface area contributed by atoms with Gasteiger partial charge >= 0.3 is 0 Å². The quantitative estimate of drug-likeness (QED) is 0.291. The summed E-state index contributed by atoms with van der Waals surface area (Å²) in [6, 6.07) is 21.7. The molecule has 0 amide bonds. The van der Waals surface area contributed by atoms with Gasteiger partial charge in [0.2, 0.25) is 0 Å². The maximum atomic E-state index is 9.26. The Morgan fingerprint density at radius 1 is 1.00 bits per heavy atom. The smallest absolute Gasteiger partial charge is 0.261 e. The molecular formula is C29H40O3Si. The standard InChI is InChI=1S/C29H40O3Si/c1-23(22-30)20-25-21-24(2)28(32-25)18-12-13-19-31-33(29(3,4)5,26-14-8-6-9-15-26)27-16-10-7-11-17-27/h6-11,14-17,20-21,25,28,30H,12-13,18-19,22H2,1-5H3/b23-20+/t25-,28-/m1/s1. The lowest BCUT2D eigenvalue weighted by molar-refractivity contribution is 0.0732. The van der Waals surface area contributed by atoms with Crippen molar-refractivity contribution in [1.29, 1.82) is 0 Å². The van der Waals surface area contributed by atoms with Gasteiger partial charge in [-0.25, -0.2) is 0 Å². The van der Waals surface area contributed by atoms with Crippen LogP contribution < -0.4 is 10.4 Å². The second-order valence-corrected chi connectivity index (χ2v) is 14.5. The van der Waals surface area contributed by atoms with Gasteiger partial charge in [0.15, 0.2) is 0 Å². The van der Waals surface area contributed by atoms with Gasteiger partial charge in [-0.15, -0.1) is 0 Å². The number of unbranched alkanes of at least 4 members (excludes halogenated alkanes) is 1. The van der Waals surface area contributed by atoms with Crippen molar-refractivity contribution in [1.82, 2.24) is 0 Å². The van der Waals surface area contributed by atoms with Crippen LogP contribution in [-0.2, 0) is 9.16 Å². The van der Waals surface area contributed by atoms with E-state index in [0.717, 1.165) is 31.4 Å². The van der Waals surface area contributed by atoms with Crippen LogP contribution in [0.25, 0.3) is 0 Å². The lowest BCUT2D eigenvalue weighted by Crippen LogP contribution is -2.66. The summed E-state index contributed by atoms with van der Waals surface area (Å²) in [5, 5.41) is 11.9. The van der Waals surface area contributed by atoms with Gasteiger partial charge in [0, 0.05) is 6.61 Å². The summed E-state index contributed by atoms with van der Waals surface area (Å²) in [6.45, 7) is 11.9. The number of hydrogen-bond donors (Lipinski definition) is 1. The molecule has 1 N–H and O–H groups in total. The van der Waals surface area contributed by atoms with E-state index in [-0.39, 0.29) is 23.9 Å². The average molecular weight is 465 g/mol. The van der Waals surface area contributed by atoms with Crippen LogP contribution in [0, 0.1) is 0 Å². The maximum Gasteiger partial charge on any atom is 0.261 e. The first-order valence-corrected chi connectivity index (χ1v) is 14.1. The molecule has 4 heteroatoms. The van der Waals surface area contributed by atoms with Crippen molar-refractivity contribution < 1.29 is 14.3 Å². The molecule has 0 aliphatic carbocycles. The number of rotatable bonds is 10. The molecule has 2 atom stereocenters. The monoisotopic (exact) mass is 464 g/mol. The zero-order valence-electron chi connectivity index (χ0n) is 20.9. The third kappa shape index (κ3) is 6.13. The maximum absolute atomic E-state index is 9.26. The largest absolute Gasteiger partial charge is 0.407 e. The highest BCUT2D eigenvalue weighted by Crippen LogP contribution is 2.37. The fourth-order valence-electron chi connectivity index (χ4n) is 4.84. The minimum atomic E-state index is -2.45. The molecule has 0 unspecified atom stereocenters. The molecule has 1 heterocycles. The molecular weight excluding hydrogens is 424 g/mol. The Hall–Kier alpha value is -1.98. The van der Waals surface area contributed by atoms with Crippen molar-refractivity contribution in [3.05, 3.63) is 84.0 Å². The van der Waals surface area contributed by atoms with Crippen molar-refractivity contribution in [2.24, 2.45) is 0 Å². The number of aliphatic hydroxyl groups excluding tert-OH is 1. The summed E-state index contributed by atoms with van der Waals surface area (Å²) in [7, 11) is -2.45. The Balaban J connectivity index is 1.66. The van der Waals surface area contributed by atoms with Crippen LogP contribution in [0.3, 0.4) is 0 Å². The van der Waals surface area contributed by atoms with E-state index in [0.29, 0.717) is 0 Å². The Kier molecular flexibility index (Phi) is 8.88. The molecule has 0 aromatic heterocycles. The van der Waals surface area contributed by atoms with Gasteiger partial charge in [-0.1, -0.05) is 93.6 Å². The molecule has 0 fully saturated rings. The topological polar surface area (TPSA) is 38.7 Å². The molecule has 2 aromatic rings. The van der Waals surface area contributed by atoms with Gasteiger partial charge < -0.3 is 14.3 Å². The fraction of sp³-hybridized carbons (Fsp3) is 0.448. The van der Waals surface area contributed by atoms with Crippen molar-refractivity contribution in [3.63, 3.8) is 0 Å². The van der Waals surface area contributed by atoms with Crippen LogP contribution in [0.2, 0.25) is 5.04 Å². The SMILES string of the molecule is CC1=C[C@@H](/C=C(\C)CO)O[C@@H]1CCCCO[Si](c1ccccc1)(c1ccccc1)C(C)(C)C. The third-order valence-electron chi connectivity index (χ3n) is 6.55. The minimum absolute atomic E-state index is 0.00766. The van der Waals surface area contributed by atoms with Crippen molar-refractivity contribution in [2.45, 2.75) is 71.1 Å². The van der Waals surface area contributed by atoms with Crippen molar-refractivity contribution in [2.75, 3.05) is 13.2 Å². The van der Waals surface area contributed by atoms with Crippen LogP contribution in [0.5, 0.6) is 0 Å². The van der Waals surface area contributed by atoms with Crippen LogP contribution >= 0.6 is 0 Å². The molecule has 0 spiro atoms. The molecule has 0 saturated heterocycles. The summed E-state index contributed by atoms with van der Waals surface area (Å²) in [4.78, 5) is 0. The molecule has 0 saturated carbocycles. The van der Waals surface area contributed by atoms with Gasteiger partial charge in [0.25, 0.3) is 8.32 Å². The molecule has 1 aliphatic rings. The van der Waals surface area contributed by atoms with E-state index in [1.54, 1.807) is 0 Å². The average Bonchev–Trinajstić information content (AvgIpc) is 3.15. The van der Waals surface area contributed by atoms with E-state index in [2.05, 4.69) is 94.4 Å². The van der Waals surface area contributed by atoms with E-state index >= 15 is 0 Å². The molecule has 33 heavy (non-hydrogen) atoms. The van der Waals surface area contributed by atoms with Gasteiger partial charge in [0.05, 0.1) is 18.8 Å². The van der Waals surface area contributed by atoms with Crippen LogP contribution in [0.15, 0.2) is 84.0 Å². The second kappa shape index (κ2) is 11.4. The van der Waals surface area contributed by atoms with Crippen LogP contribution in [0.4, 0.5) is 0 Å². The summed E-state index contributed by atoms with van der Waals surface area (Å²) >= 11 is 0. The summed E-state index contributed by atoms with van der Waals surface area (Å²) < 4.78 is 13.2. The Bertz CT molecular complexity index is 889. The Morgan fingerprint density at radius 2 is 1.58 bits per heavy atom. The van der Waals surface area contributed by atoms with Crippen molar-refractivity contribution in [3.8, 4) is 0 Å². The molecule has 0 radical (unpaired) electrons. The van der Waals surface area contributed by atoms with E-state index in [1.165, 1.54) is 15.9 Å². The minimum Gasteiger partial charge on any atom is -0.407 e. The number of hydrogen-bond acceptors (Lipinski definition) is 3. The number of ether oxygens (including phenoxy) is 1. The molecule has 1 aliphatic heterocycles. The zero-order chi connectivity index (χ0) is 23.9. The van der Waals surface area contributed by atoms with Gasteiger partial charge in [-0.05, 0) is 59.7 Å². The highest BCUT2D eigenvalue weighted by Gasteiger charge is 2.49. The summed E-state index contributed by atoms with van der Waals surface area (Å²) in [6.07, 6.45) is 7.38. The molecule has 3 nitrogen and oxygen atoms in total. The van der Waals surface area contributed by atoms with Crippen LogP contribution in [-0.4, -0.2) is 38.8 Å². The van der Waals surface area contributed by atoms with Crippen molar-refractivity contribution >= 4 is 18.7 Å². The second-order valence-electron chi connectivity index (χ2n) is 10.2.